The molecule has 1 nitrogen and oxygen atoms in total. The van der Waals surface area contributed by atoms with Gasteiger partial charge in [-0.15, -0.1) is 11.6 Å². The highest BCUT2D eigenvalue weighted by atomic mass is 79.9. The minimum absolute atomic E-state index is 0.0102. The van der Waals surface area contributed by atoms with Gasteiger partial charge in [0, 0.05) is 28.0 Å². The first kappa shape index (κ1) is 13.3. The van der Waals surface area contributed by atoms with Crippen LogP contribution in [0.15, 0.2) is 22.7 Å². The van der Waals surface area contributed by atoms with E-state index in [0.29, 0.717) is 18.0 Å². The molecule has 1 fully saturated rings. The van der Waals surface area contributed by atoms with Crippen molar-refractivity contribution in [3.8, 4) is 0 Å². The molecule has 0 radical (unpaired) electrons. The van der Waals surface area contributed by atoms with Gasteiger partial charge in [-0.2, -0.15) is 0 Å². The number of benzene rings is 1. The van der Waals surface area contributed by atoms with Crippen LogP contribution in [0.2, 0.25) is 0 Å². The van der Waals surface area contributed by atoms with E-state index < -0.39 is 0 Å². The summed E-state index contributed by atoms with van der Waals surface area (Å²) in [5.74, 6) is 0.436. The van der Waals surface area contributed by atoms with Crippen LogP contribution in [0.3, 0.4) is 0 Å². The molecule has 1 saturated carbocycles. The van der Waals surface area contributed by atoms with Gasteiger partial charge in [-0.25, -0.2) is 4.39 Å². The molecule has 17 heavy (non-hydrogen) atoms. The second-order valence-electron chi connectivity index (χ2n) is 4.71. The third kappa shape index (κ3) is 3.21. The van der Waals surface area contributed by atoms with E-state index in [4.69, 9.17) is 11.6 Å². The predicted molar refractivity (Wildman–Crippen MR) is 72.9 cm³/mol. The maximum absolute atomic E-state index is 13.6. The Kier molecular flexibility index (Phi) is 4.45. The summed E-state index contributed by atoms with van der Waals surface area (Å²) in [5, 5.41) is 3.44. The molecule has 0 amide bonds. The zero-order valence-electron chi connectivity index (χ0n) is 9.61. The summed E-state index contributed by atoms with van der Waals surface area (Å²) in [7, 11) is 0. The molecule has 0 atom stereocenters. The highest BCUT2D eigenvalue weighted by Crippen LogP contribution is 2.31. The van der Waals surface area contributed by atoms with Crippen LogP contribution < -0.4 is 5.32 Å². The molecular weight excluding hydrogens is 305 g/mol. The number of halogens is 3. The van der Waals surface area contributed by atoms with Gasteiger partial charge in [0.25, 0.3) is 0 Å². The minimum Gasteiger partial charge on any atom is -0.306 e. The quantitative estimate of drug-likeness (QED) is 0.819. The van der Waals surface area contributed by atoms with E-state index >= 15 is 0 Å². The number of hydrogen-bond acceptors (Lipinski definition) is 1. The van der Waals surface area contributed by atoms with Crippen molar-refractivity contribution in [1.82, 2.24) is 5.32 Å². The molecular formula is C13H16BrClFN. The second kappa shape index (κ2) is 5.68. The molecule has 1 aliphatic rings. The topological polar surface area (TPSA) is 12.0 Å². The molecule has 1 aromatic rings. The average molecular weight is 321 g/mol. The molecule has 0 aliphatic heterocycles. The Morgan fingerprint density at radius 2 is 2.06 bits per heavy atom. The fraction of sp³-hybridized carbons (Fsp3) is 0.538. The van der Waals surface area contributed by atoms with Gasteiger partial charge in [0.1, 0.15) is 5.82 Å². The van der Waals surface area contributed by atoms with Crippen molar-refractivity contribution in [2.75, 3.05) is 5.88 Å². The van der Waals surface area contributed by atoms with Crippen LogP contribution in [-0.2, 0) is 6.54 Å². The Morgan fingerprint density at radius 1 is 1.35 bits per heavy atom. The normalized spacial score (nSPS) is 18.5. The summed E-state index contributed by atoms with van der Waals surface area (Å²) in [5.41, 5.74) is 0.701. The zero-order chi connectivity index (χ0) is 12.3. The predicted octanol–water partition coefficient (Wildman–Crippen LogP) is 4.23. The van der Waals surface area contributed by atoms with Crippen LogP contribution in [0.1, 0.15) is 31.2 Å². The van der Waals surface area contributed by atoms with Crippen LogP contribution in [0.4, 0.5) is 4.39 Å². The molecule has 0 aromatic heterocycles. The second-order valence-corrected chi connectivity index (χ2v) is 5.89. The largest absolute Gasteiger partial charge is 0.306 e. The third-order valence-electron chi connectivity index (χ3n) is 3.48. The zero-order valence-corrected chi connectivity index (χ0v) is 12.0. The molecule has 0 unspecified atom stereocenters. The summed E-state index contributed by atoms with van der Waals surface area (Å²) in [6.07, 6.45) is 4.60. The molecule has 2 rings (SSSR count). The smallest absolute Gasteiger partial charge is 0.127 e. The Morgan fingerprint density at radius 3 is 2.71 bits per heavy atom. The maximum atomic E-state index is 13.6. The van der Waals surface area contributed by atoms with Crippen LogP contribution in [0.5, 0.6) is 0 Å². The van der Waals surface area contributed by atoms with Crippen molar-refractivity contribution < 1.29 is 4.39 Å². The van der Waals surface area contributed by atoms with E-state index in [1.54, 1.807) is 6.07 Å². The van der Waals surface area contributed by atoms with Crippen LogP contribution in [0, 0.1) is 5.82 Å². The third-order valence-corrected chi connectivity index (χ3v) is 4.48. The Bertz CT molecular complexity index is 391. The van der Waals surface area contributed by atoms with Crippen LogP contribution in [0.25, 0.3) is 0 Å². The van der Waals surface area contributed by atoms with Crippen molar-refractivity contribution in [2.45, 2.75) is 37.8 Å². The van der Waals surface area contributed by atoms with Gasteiger partial charge in [-0.05, 0) is 31.0 Å². The van der Waals surface area contributed by atoms with Gasteiger partial charge in [0.2, 0.25) is 0 Å². The van der Waals surface area contributed by atoms with E-state index in [9.17, 15) is 4.39 Å². The summed E-state index contributed by atoms with van der Waals surface area (Å²) in [4.78, 5) is 0. The van der Waals surface area contributed by atoms with E-state index in [1.165, 1.54) is 18.9 Å². The summed E-state index contributed by atoms with van der Waals surface area (Å²) in [6.45, 7) is 0.540. The first-order chi connectivity index (χ1) is 8.15. The van der Waals surface area contributed by atoms with Gasteiger partial charge in [-0.3, -0.25) is 0 Å². The van der Waals surface area contributed by atoms with Gasteiger partial charge in [0.05, 0.1) is 0 Å². The summed E-state index contributed by atoms with van der Waals surface area (Å²) >= 11 is 9.40. The van der Waals surface area contributed by atoms with E-state index in [-0.39, 0.29) is 11.4 Å². The van der Waals surface area contributed by atoms with Crippen molar-refractivity contribution >= 4 is 27.5 Å². The lowest BCUT2D eigenvalue weighted by molar-refractivity contribution is 0.364. The standard InChI is InChI=1S/C13H16BrClFN/c14-11-3-4-12(16)10(7-11)8-17-13(9-15)5-1-2-6-13/h3-4,7,17H,1-2,5-6,8-9H2. The molecule has 0 bridgehead atoms. The molecule has 94 valence electrons. The van der Waals surface area contributed by atoms with Crippen LogP contribution >= 0.6 is 27.5 Å². The molecule has 1 N–H and O–H groups in total. The number of hydrogen-bond donors (Lipinski definition) is 1. The fourth-order valence-corrected chi connectivity index (χ4v) is 3.14. The first-order valence-corrected chi connectivity index (χ1v) is 7.23. The van der Waals surface area contributed by atoms with Gasteiger partial charge in [0.15, 0.2) is 0 Å². The lowest BCUT2D eigenvalue weighted by Crippen LogP contribution is -2.44. The molecule has 0 spiro atoms. The van der Waals surface area contributed by atoms with Crippen molar-refractivity contribution in [3.05, 3.63) is 34.1 Å². The van der Waals surface area contributed by atoms with E-state index in [1.807, 2.05) is 6.07 Å². The monoisotopic (exact) mass is 319 g/mol. The number of rotatable bonds is 4. The number of nitrogens with one attached hydrogen (secondary N) is 1. The molecule has 0 heterocycles. The highest BCUT2D eigenvalue weighted by molar-refractivity contribution is 9.10. The molecule has 0 saturated heterocycles. The first-order valence-electron chi connectivity index (χ1n) is 5.90. The van der Waals surface area contributed by atoms with Gasteiger partial charge >= 0.3 is 0 Å². The fourth-order valence-electron chi connectivity index (χ4n) is 2.37. The Hall–Kier alpha value is -0.120. The Balaban J connectivity index is 2.03. The molecule has 1 aromatic carbocycles. The lowest BCUT2D eigenvalue weighted by Gasteiger charge is -2.28. The lowest BCUT2D eigenvalue weighted by atomic mass is 10.00. The highest BCUT2D eigenvalue weighted by Gasteiger charge is 2.32. The van der Waals surface area contributed by atoms with Gasteiger partial charge in [-0.1, -0.05) is 28.8 Å². The number of alkyl halides is 1. The van der Waals surface area contributed by atoms with Crippen molar-refractivity contribution in [2.24, 2.45) is 0 Å². The SMILES string of the molecule is Fc1ccc(Br)cc1CNC1(CCl)CCCC1. The summed E-state index contributed by atoms with van der Waals surface area (Å²) < 4.78 is 14.5. The molecule has 4 heteroatoms. The maximum Gasteiger partial charge on any atom is 0.127 e. The molecule has 1 aliphatic carbocycles. The van der Waals surface area contributed by atoms with Crippen LogP contribution in [-0.4, -0.2) is 11.4 Å². The van der Waals surface area contributed by atoms with E-state index in [2.05, 4.69) is 21.2 Å². The van der Waals surface area contributed by atoms with Crippen molar-refractivity contribution in [3.63, 3.8) is 0 Å². The van der Waals surface area contributed by atoms with E-state index in [0.717, 1.165) is 17.3 Å². The minimum atomic E-state index is -0.164. The van der Waals surface area contributed by atoms with Gasteiger partial charge < -0.3 is 5.32 Å². The summed E-state index contributed by atoms with van der Waals surface area (Å²) in [6, 6.07) is 5.02. The Labute approximate surface area is 115 Å². The van der Waals surface area contributed by atoms with Crippen molar-refractivity contribution in [1.29, 1.82) is 0 Å². The average Bonchev–Trinajstić information content (AvgIpc) is 2.80.